The summed E-state index contributed by atoms with van der Waals surface area (Å²) in [6.45, 7) is 9.99. The number of nitrogens with zero attached hydrogens (tertiary/aromatic N) is 5. The molecule has 0 radical (unpaired) electrons. The number of hydrogen-bond donors (Lipinski definition) is 1. The predicted molar refractivity (Wildman–Crippen MR) is 175 cm³/mol. The summed E-state index contributed by atoms with van der Waals surface area (Å²) < 4.78 is 20.7. The topological polar surface area (TPSA) is 73.8 Å². The van der Waals surface area contributed by atoms with Crippen molar-refractivity contribution in [3.63, 3.8) is 0 Å². The number of nitrogens with one attached hydrogen (secondary N) is 1. The van der Waals surface area contributed by atoms with Crippen LogP contribution in [0.1, 0.15) is 43.9 Å². The number of fused-ring (bicyclic) bond motifs is 2. The fraction of sp³-hybridized carbons (Fsp3) is 0.500. The van der Waals surface area contributed by atoms with Crippen molar-refractivity contribution in [2.24, 2.45) is 5.92 Å². The number of carbonyl (C=O) groups excluding carboxylic acids is 1. The molecule has 234 valence electrons. The fourth-order valence-corrected chi connectivity index (χ4v) is 7.25. The molecule has 3 aromatic rings. The Bertz CT molecular complexity index is 1530. The molecule has 6 rings (SSSR count). The summed E-state index contributed by atoms with van der Waals surface area (Å²) in [5, 5.41) is 6.28. The van der Waals surface area contributed by atoms with Gasteiger partial charge in [-0.15, -0.1) is 0 Å². The highest BCUT2D eigenvalue weighted by Gasteiger charge is 2.40. The normalized spacial score (nSPS) is 21.7. The van der Waals surface area contributed by atoms with E-state index >= 15 is 0 Å². The zero-order chi connectivity index (χ0) is 30.8. The number of carbonyl (C=O) groups is 1. The standard InChI is InChI=1S/C34H42ClFN6O2/c1-4-6-14-34(16-25(36)17-37-34)22-44-33-38-28-21-41(29-12-8-10-24-9-7-11-27(35)31(24)29)15-13-26(28)32(39-33)40(3)18-23-19-42(20-23)30(43)5-2/h5,7-12,23,25,37H,2,4,6,13-22H2,1,3H3. The molecule has 44 heavy (non-hydrogen) atoms. The Labute approximate surface area is 264 Å². The SMILES string of the molecule is C=CC(=O)N1CC(CN(C)c2nc(OCC3(CCCC)CC(F)CN3)nc3c2CCN(c2cccc4cccc(Cl)c24)C3)C1. The Morgan fingerprint density at radius 3 is 2.80 bits per heavy atom. The van der Waals surface area contributed by atoms with E-state index in [0.29, 0.717) is 51.1 Å². The quantitative estimate of drug-likeness (QED) is 0.281. The van der Waals surface area contributed by atoms with Crippen molar-refractivity contribution in [2.75, 3.05) is 56.2 Å². The van der Waals surface area contributed by atoms with Crippen LogP contribution in [0, 0.1) is 5.92 Å². The summed E-state index contributed by atoms with van der Waals surface area (Å²) >= 11 is 6.70. The highest BCUT2D eigenvalue weighted by atomic mass is 35.5. The van der Waals surface area contributed by atoms with Crippen molar-refractivity contribution in [2.45, 2.75) is 57.3 Å². The molecule has 2 fully saturated rings. The Morgan fingerprint density at radius 2 is 2.07 bits per heavy atom. The smallest absolute Gasteiger partial charge is 0.318 e. The number of alkyl halides is 1. The second kappa shape index (κ2) is 12.9. The van der Waals surface area contributed by atoms with Crippen LogP contribution in [-0.4, -0.2) is 78.9 Å². The lowest BCUT2D eigenvalue weighted by Gasteiger charge is -2.41. The first-order valence-corrected chi connectivity index (χ1v) is 16.1. The van der Waals surface area contributed by atoms with Crippen molar-refractivity contribution in [1.29, 1.82) is 0 Å². The van der Waals surface area contributed by atoms with Crippen LogP contribution in [0.5, 0.6) is 6.01 Å². The van der Waals surface area contributed by atoms with Crippen LogP contribution in [0.15, 0.2) is 49.1 Å². The van der Waals surface area contributed by atoms with Gasteiger partial charge < -0.3 is 24.8 Å². The average molecular weight is 621 g/mol. The van der Waals surface area contributed by atoms with E-state index in [1.54, 1.807) is 0 Å². The van der Waals surface area contributed by atoms with E-state index in [4.69, 9.17) is 26.3 Å². The number of ether oxygens (including phenoxy) is 1. The lowest BCUT2D eigenvalue weighted by Crippen LogP contribution is -2.53. The minimum Gasteiger partial charge on any atom is -0.461 e. The third-order valence-corrected chi connectivity index (χ3v) is 9.64. The molecule has 3 aliphatic rings. The number of likely N-dealkylation sites (tertiary alicyclic amines) is 1. The Kier molecular flexibility index (Phi) is 8.96. The maximum atomic E-state index is 14.4. The third kappa shape index (κ3) is 6.22. The molecule has 0 saturated carbocycles. The number of aromatic nitrogens is 2. The summed E-state index contributed by atoms with van der Waals surface area (Å²) in [6, 6.07) is 12.6. The molecule has 1 aromatic heterocycles. The summed E-state index contributed by atoms with van der Waals surface area (Å²) in [6.07, 6.45) is 4.58. The largest absolute Gasteiger partial charge is 0.461 e. The number of unbranched alkanes of at least 4 members (excludes halogenated alkanes) is 1. The van der Waals surface area contributed by atoms with Crippen molar-refractivity contribution >= 4 is 39.8 Å². The van der Waals surface area contributed by atoms with Crippen LogP contribution < -0.4 is 19.9 Å². The summed E-state index contributed by atoms with van der Waals surface area (Å²) in [5.41, 5.74) is 2.71. The Balaban J connectivity index is 1.28. The first kappa shape index (κ1) is 30.6. The minimum atomic E-state index is -0.877. The van der Waals surface area contributed by atoms with Crippen LogP contribution in [0.3, 0.4) is 0 Å². The molecule has 2 saturated heterocycles. The number of rotatable bonds is 11. The number of benzene rings is 2. The van der Waals surface area contributed by atoms with Gasteiger partial charge in [-0.05, 0) is 36.4 Å². The molecule has 0 aliphatic carbocycles. The van der Waals surface area contributed by atoms with E-state index in [0.717, 1.165) is 77.3 Å². The number of amides is 1. The van der Waals surface area contributed by atoms with E-state index in [1.165, 1.54) is 6.08 Å². The lowest BCUT2D eigenvalue weighted by molar-refractivity contribution is -0.131. The second-order valence-electron chi connectivity index (χ2n) is 12.6. The molecule has 8 nitrogen and oxygen atoms in total. The van der Waals surface area contributed by atoms with E-state index in [-0.39, 0.29) is 5.91 Å². The first-order chi connectivity index (χ1) is 21.3. The summed E-state index contributed by atoms with van der Waals surface area (Å²) in [5.74, 6) is 1.18. The number of halogens is 2. The van der Waals surface area contributed by atoms with E-state index in [2.05, 4.69) is 59.9 Å². The molecule has 1 amide bonds. The fourth-order valence-electron chi connectivity index (χ4n) is 6.97. The average Bonchev–Trinajstić information content (AvgIpc) is 3.39. The minimum absolute atomic E-state index is 0.0271. The van der Waals surface area contributed by atoms with Crippen LogP contribution in [0.25, 0.3) is 10.8 Å². The van der Waals surface area contributed by atoms with E-state index < -0.39 is 11.7 Å². The zero-order valence-electron chi connectivity index (χ0n) is 25.7. The summed E-state index contributed by atoms with van der Waals surface area (Å²) in [4.78, 5) is 28.2. The van der Waals surface area contributed by atoms with Gasteiger partial charge in [0.15, 0.2) is 0 Å². The summed E-state index contributed by atoms with van der Waals surface area (Å²) in [7, 11) is 2.05. The monoisotopic (exact) mass is 620 g/mol. The molecule has 4 heterocycles. The molecule has 2 unspecified atom stereocenters. The highest BCUT2D eigenvalue weighted by molar-refractivity contribution is 6.36. The number of anilines is 2. The van der Waals surface area contributed by atoms with E-state index in [1.807, 2.05) is 17.0 Å². The predicted octanol–water partition coefficient (Wildman–Crippen LogP) is 5.57. The molecule has 2 aromatic carbocycles. The highest BCUT2D eigenvalue weighted by Crippen LogP contribution is 2.37. The second-order valence-corrected chi connectivity index (χ2v) is 13.0. The van der Waals surface area contributed by atoms with Gasteiger partial charge in [0.25, 0.3) is 0 Å². The van der Waals surface area contributed by atoms with Crippen molar-refractivity contribution in [3.8, 4) is 6.01 Å². The maximum absolute atomic E-state index is 14.4. The molecule has 1 N–H and O–H groups in total. The Hall–Kier alpha value is -3.43. The molecule has 0 bridgehead atoms. The van der Waals surface area contributed by atoms with Crippen molar-refractivity contribution < 1.29 is 13.9 Å². The van der Waals surface area contributed by atoms with Gasteiger partial charge in [-0.1, -0.05) is 62.2 Å². The van der Waals surface area contributed by atoms with E-state index in [9.17, 15) is 9.18 Å². The van der Waals surface area contributed by atoms with Gasteiger partial charge >= 0.3 is 6.01 Å². The molecule has 0 spiro atoms. The van der Waals surface area contributed by atoms with Gasteiger partial charge in [0.1, 0.15) is 18.6 Å². The van der Waals surface area contributed by atoms with Gasteiger partial charge in [0, 0.05) is 68.7 Å². The van der Waals surface area contributed by atoms with Crippen LogP contribution in [0.2, 0.25) is 5.02 Å². The van der Waals surface area contributed by atoms with Crippen LogP contribution in [0.4, 0.5) is 15.9 Å². The van der Waals surface area contributed by atoms with Gasteiger partial charge in [-0.2, -0.15) is 9.97 Å². The maximum Gasteiger partial charge on any atom is 0.318 e. The third-order valence-electron chi connectivity index (χ3n) is 9.33. The zero-order valence-corrected chi connectivity index (χ0v) is 26.5. The molecule has 2 atom stereocenters. The van der Waals surface area contributed by atoms with Crippen molar-refractivity contribution in [3.05, 3.63) is 65.3 Å². The van der Waals surface area contributed by atoms with Crippen LogP contribution in [-0.2, 0) is 17.8 Å². The van der Waals surface area contributed by atoms with Gasteiger partial charge in [0.05, 0.1) is 22.8 Å². The lowest BCUT2D eigenvalue weighted by atomic mass is 9.91. The van der Waals surface area contributed by atoms with Crippen LogP contribution >= 0.6 is 11.6 Å². The Morgan fingerprint density at radius 1 is 1.27 bits per heavy atom. The first-order valence-electron chi connectivity index (χ1n) is 15.8. The van der Waals surface area contributed by atoms with Gasteiger partial charge in [0.2, 0.25) is 5.91 Å². The van der Waals surface area contributed by atoms with Gasteiger partial charge in [-0.3, -0.25) is 4.79 Å². The molecule has 10 heteroatoms. The van der Waals surface area contributed by atoms with Crippen molar-refractivity contribution in [1.82, 2.24) is 20.2 Å². The number of hydrogen-bond acceptors (Lipinski definition) is 7. The molecule has 3 aliphatic heterocycles. The molecular weight excluding hydrogens is 579 g/mol. The molecular formula is C34H42ClFN6O2. The van der Waals surface area contributed by atoms with Gasteiger partial charge in [-0.25, -0.2) is 4.39 Å².